The number of aliphatic hydroxyl groups is 1. The van der Waals surface area contributed by atoms with Gasteiger partial charge in [0.15, 0.2) is 0 Å². The minimum Gasteiger partial charge on any atom is -0.390 e. The fourth-order valence-corrected chi connectivity index (χ4v) is 6.87. The topological polar surface area (TPSA) is 61.2 Å². The van der Waals surface area contributed by atoms with Crippen molar-refractivity contribution >= 4 is 12.0 Å². The molecule has 2 N–H and O–H groups in total. The van der Waals surface area contributed by atoms with Gasteiger partial charge in [0.1, 0.15) is 5.78 Å². The van der Waals surface area contributed by atoms with Crippen LogP contribution in [0.5, 0.6) is 0 Å². The lowest BCUT2D eigenvalue weighted by atomic mass is 9.52. The van der Waals surface area contributed by atoms with Crippen molar-refractivity contribution in [2.24, 2.45) is 17.3 Å². The number of nitrogens with one attached hydrogen (secondary N) is 1. The van der Waals surface area contributed by atoms with E-state index in [1.54, 1.807) is 5.57 Å². The monoisotopic (exact) mass is 407 g/mol. The Morgan fingerprint density at radius 2 is 1.97 bits per heavy atom. The molecule has 1 aromatic rings. The third-order valence-electron chi connectivity index (χ3n) is 8.89. The fourth-order valence-electron chi connectivity index (χ4n) is 6.87. The van der Waals surface area contributed by atoms with Gasteiger partial charge in [-0.3, -0.25) is 4.79 Å². The molecule has 5 atom stereocenters. The van der Waals surface area contributed by atoms with E-state index in [-0.39, 0.29) is 5.41 Å². The van der Waals surface area contributed by atoms with Gasteiger partial charge in [-0.15, -0.1) is 0 Å². The molecule has 0 radical (unpaired) electrons. The number of hydrogen-bond acceptors (Lipinski definition) is 3. The summed E-state index contributed by atoms with van der Waals surface area (Å²) in [6, 6.07) is 8.46. The van der Waals surface area contributed by atoms with Crippen molar-refractivity contribution < 1.29 is 9.90 Å². The van der Waals surface area contributed by atoms with Crippen molar-refractivity contribution in [1.82, 2.24) is 0 Å². The summed E-state index contributed by atoms with van der Waals surface area (Å²) < 4.78 is 0. The van der Waals surface area contributed by atoms with Gasteiger partial charge in [-0.2, -0.15) is 0 Å². The highest BCUT2D eigenvalue weighted by atomic mass is 16.3. The summed E-state index contributed by atoms with van der Waals surface area (Å²) in [6.07, 6.45) is 10.1. The van der Waals surface area contributed by atoms with Gasteiger partial charge >= 0.3 is 0 Å². The van der Waals surface area contributed by atoms with E-state index in [0.717, 1.165) is 37.7 Å². The van der Waals surface area contributed by atoms with E-state index >= 15 is 0 Å². The van der Waals surface area contributed by atoms with Crippen molar-refractivity contribution in [1.29, 1.82) is 5.41 Å². The molecule has 2 fully saturated rings. The van der Waals surface area contributed by atoms with Crippen LogP contribution in [0.15, 0.2) is 35.4 Å². The summed E-state index contributed by atoms with van der Waals surface area (Å²) in [5.41, 5.74) is 4.68. The Bertz CT molecular complexity index is 850. The summed E-state index contributed by atoms with van der Waals surface area (Å²) in [5, 5.41) is 18.9. The Morgan fingerprint density at radius 1 is 1.23 bits per heavy atom. The zero-order chi connectivity index (χ0) is 21.5. The summed E-state index contributed by atoms with van der Waals surface area (Å²) in [6.45, 7) is 6.35. The van der Waals surface area contributed by atoms with E-state index in [0.29, 0.717) is 36.4 Å². The highest BCUT2D eigenvalue weighted by Crippen LogP contribution is 2.66. The number of hydrogen-bond donors (Lipinski definition) is 2. The first-order chi connectivity index (χ1) is 14.3. The zero-order valence-electron chi connectivity index (χ0n) is 18.8. The molecule has 4 rings (SSSR count). The van der Waals surface area contributed by atoms with E-state index < -0.39 is 5.60 Å². The van der Waals surface area contributed by atoms with E-state index in [9.17, 15) is 9.90 Å². The van der Waals surface area contributed by atoms with Gasteiger partial charge in [-0.1, -0.05) is 49.3 Å². The summed E-state index contributed by atoms with van der Waals surface area (Å²) in [7, 11) is 0. The molecule has 4 unspecified atom stereocenters. The number of ketones is 1. The average Bonchev–Trinajstić information content (AvgIpc) is 3.00. The standard InChI is InChI=1S/C27H37NO2/c1-4-21(29)13-12-20-6-5-7-22-24-14-15-27(3,30)26(24,2)16-23(25(20)22)19-10-8-18(17-28)9-11-19/h8-11,17,22-24,28,30H,4-7,12-16H2,1-3H3/t22?,23?,24?,26?,27-/m0/s1. The number of benzene rings is 1. The molecule has 0 spiro atoms. The normalized spacial score (nSPS) is 35.7. The van der Waals surface area contributed by atoms with Crippen LogP contribution in [0, 0.1) is 22.7 Å². The molecule has 3 aliphatic carbocycles. The maximum absolute atomic E-state index is 12.1. The number of fused-ring (bicyclic) bond motifs is 3. The van der Waals surface area contributed by atoms with Crippen LogP contribution >= 0.6 is 0 Å². The van der Waals surface area contributed by atoms with Gasteiger partial charge < -0.3 is 10.5 Å². The van der Waals surface area contributed by atoms with Gasteiger partial charge in [0.2, 0.25) is 0 Å². The van der Waals surface area contributed by atoms with Crippen molar-refractivity contribution in [2.75, 3.05) is 0 Å². The van der Waals surface area contributed by atoms with E-state index in [1.165, 1.54) is 30.2 Å². The second kappa shape index (κ2) is 8.07. The molecule has 1 aromatic carbocycles. The molecular weight excluding hydrogens is 370 g/mol. The second-order valence-electron chi connectivity index (χ2n) is 10.4. The summed E-state index contributed by atoms with van der Waals surface area (Å²) >= 11 is 0. The lowest BCUT2D eigenvalue weighted by Crippen LogP contribution is -2.49. The van der Waals surface area contributed by atoms with Crippen LogP contribution in [-0.4, -0.2) is 22.7 Å². The van der Waals surface area contributed by atoms with Crippen molar-refractivity contribution in [3.05, 3.63) is 46.5 Å². The molecule has 2 saturated carbocycles. The first kappa shape index (κ1) is 21.5. The van der Waals surface area contributed by atoms with Gasteiger partial charge in [-0.25, -0.2) is 0 Å². The van der Waals surface area contributed by atoms with Crippen LogP contribution in [0.1, 0.15) is 95.6 Å². The number of Topliss-reactive ketones (excluding diaryl/α,β-unsaturated/α-hetero) is 1. The zero-order valence-corrected chi connectivity index (χ0v) is 18.8. The van der Waals surface area contributed by atoms with Gasteiger partial charge in [0.25, 0.3) is 0 Å². The van der Waals surface area contributed by atoms with Crippen LogP contribution in [0.3, 0.4) is 0 Å². The molecular formula is C27H37NO2. The molecule has 3 heteroatoms. The summed E-state index contributed by atoms with van der Waals surface area (Å²) in [5.74, 6) is 1.75. The molecule has 0 bridgehead atoms. The summed E-state index contributed by atoms with van der Waals surface area (Å²) in [4.78, 5) is 12.1. The van der Waals surface area contributed by atoms with Crippen molar-refractivity contribution in [3.63, 3.8) is 0 Å². The Labute approximate surface area is 181 Å². The maximum atomic E-state index is 12.1. The van der Waals surface area contributed by atoms with E-state index in [1.807, 2.05) is 19.1 Å². The van der Waals surface area contributed by atoms with Crippen LogP contribution in [0.25, 0.3) is 0 Å². The molecule has 0 amide bonds. The Hall–Kier alpha value is -1.74. The first-order valence-corrected chi connectivity index (χ1v) is 11.9. The van der Waals surface area contributed by atoms with Crippen LogP contribution in [0.4, 0.5) is 0 Å². The molecule has 30 heavy (non-hydrogen) atoms. The molecule has 0 aliphatic heterocycles. The largest absolute Gasteiger partial charge is 0.390 e. The van der Waals surface area contributed by atoms with Crippen LogP contribution < -0.4 is 0 Å². The molecule has 0 saturated heterocycles. The van der Waals surface area contributed by atoms with Crippen molar-refractivity contribution in [3.8, 4) is 0 Å². The van der Waals surface area contributed by atoms with Gasteiger partial charge in [0, 0.05) is 30.4 Å². The second-order valence-corrected chi connectivity index (χ2v) is 10.4. The van der Waals surface area contributed by atoms with Gasteiger partial charge in [0.05, 0.1) is 5.60 Å². The number of rotatable bonds is 6. The highest BCUT2D eigenvalue weighted by Gasteiger charge is 2.60. The number of carbonyl (C=O) groups is 1. The lowest BCUT2D eigenvalue weighted by Gasteiger charge is -2.54. The van der Waals surface area contributed by atoms with E-state index in [2.05, 4.69) is 26.0 Å². The third-order valence-corrected chi connectivity index (χ3v) is 8.89. The van der Waals surface area contributed by atoms with E-state index in [4.69, 9.17) is 5.41 Å². The predicted molar refractivity (Wildman–Crippen MR) is 122 cm³/mol. The molecule has 3 nitrogen and oxygen atoms in total. The van der Waals surface area contributed by atoms with Crippen LogP contribution in [-0.2, 0) is 4.79 Å². The Kier molecular flexibility index (Phi) is 5.78. The predicted octanol–water partition coefficient (Wildman–Crippen LogP) is 6.19. The molecule has 3 aliphatic rings. The lowest BCUT2D eigenvalue weighted by molar-refractivity contribution is -0.118. The Balaban J connectivity index is 1.79. The maximum Gasteiger partial charge on any atom is 0.132 e. The third kappa shape index (κ3) is 3.49. The molecule has 162 valence electrons. The van der Waals surface area contributed by atoms with Gasteiger partial charge in [-0.05, 0) is 74.8 Å². The smallest absolute Gasteiger partial charge is 0.132 e. The number of carbonyl (C=O) groups excluding carboxylic acids is 1. The quantitative estimate of drug-likeness (QED) is 0.436. The number of allylic oxidation sites excluding steroid dienone is 2. The van der Waals surface area contributed by atoms with Crippen LogP contribution in [0.2, 0.25) is 0 Å². The van der Waals surface area contributed by atoms with Crippen molar-refractivity contribution in [2.45, 2.75) is 90.1 Å². The minimum atomic E-state index is -0.619. The minimum absolute atomic E-state index is 0.0757. The molecule has 0 heterocycles. The highest BCUT2D eigenvalue weighted by molar-refractivity contribution is 5.78. The SMILES string of the molecule is CCC(=O)CCC1=C2C(c3ccc(C=N)cc3)CC3(C)C(CC[C@]3(C)O)C2CCC1. The first-order valence-electron chi connectivity index (χ1n) is 11.9. The molecule has 0 aromatic heterocycles. The average molecular weight is 408 g/mol. The Morgan fingerprint density at radius 3 is 2.63 bits per heavy atom. The fraction of sp³-hybridized carbons (Fsp3) is 0.630.